The third-order valence-electron chi connectivity index (χ3n) is 3.45. The lowest BCUT2D eigenvalue weighted by molar-refractivity contribution is 0.684. The van der Waals surface area contributed by atoms with Crippen LogP contribution in [0.4, 0.5) is 0 Å². The fourth-order valence-corrected chi connectivity index (χ4v) is 2.87. The number of nitrogens with zero attached hydrogens (tertiary/aromatic N) is 4. The van der Waals surface area contributed by atoms with Gasteiger partial charge in [0.05, 0.1) is 0 Å². The van der Waals surface area contributed by atoms with Crippen molar-refractivity contribution in [2.75, 3.05) is 0 Å². The first-order chi connectivity index (χ1) is 10.4. The van der Waals surface area contributed by atoms with E-state index in [0.717, 1.165) is 28.4 Å². The largest absolute Gasteiger partial charge is 0.310 e. The zero-order valence-electron chi connectivity index (χ0n) is 11.4. The van der Waals surface area contributed by atoms with Crippen LogP contribution in [0.5, 0.6) is 0 Å². The molecule has 0 aliphatic heterocycles. The van der Waals surface area contributed by atoms with E-state index in [0.29, 0.717) is 0 Å². The minimum atomic E-state index is 0.724. The molecule has 0 spiro atoms. The molecular formula is C15H15N5S. The first-order valence-corrected chi connectivity index (χ1v) is 7.86. The van der Waals surface area contributed by atoms with E-state index in [1.54, 1.807) is 0 Å². The Morgan fingerprint density at radius 1 is 1.19 bits per heavy atom. The lowest BCUT2D eigenvalue weighted by Crippen LogP contribution is -2.15. The zero-order valence-corrected chi connectivity index (χ0v) is 12.3. The highest BCUT2D eigenvalue weighted by atomic mass is 32.2. The number of hydrogen-bond acceptors (Lipinski definition) is 5. The fourth-order valence-electron chi connectivity index (χ4n) is 2.11. The molecule has 0 unspecified atom stereocenters. The molecule has 1 fully saturated rings. The minimum Gasteiger partial charge on any atom is -0.310 e. The molecule has 0 aromatic carbocycles. The van der Waals surface area contributed by atoms with Crippen molar-refractivity contribution in [1.29, 1.82) is 0 Å². The van der Waals surface area contributed by atoms with Crippen molar-refractivity contribution in [1.82, 2.24) is 24.9 Å². The average Bonchev–Trinajstić information content (AvgIpc) is 3.28. The van der Waals surface area contributed by atoms with E-state index < -0.39 is 0 Å². The van der Waals surface area contributed by atoms with Gasteiger partial charge in [-0.2, -0.15) is 0 Å². The van der Waals surface area contributed by atoms with E-state index in [2.05, 4.69) is 26.6 Å². The topological polar surface area (TPSA) is 55.1 Å². The van der Waals surface area contributed by atoms with Gasteiger partial charge in [0.15, 0.2) is 5.65 Å². The first kappa shape index (κ1) is 12.8. The van der Waals surface area contributed by atoms with Crippen LogP contribution < -0.4 is 5.32 Å². The normalized spacial score (nSPS) is 14.7. The van der Waals surface area contributed by atoms with Crippen LogP contribution in [0.25, 0.3) is 5.65 Å². The van der Waals surface area contributed by atoms with Crippen molar-refractivity contribution in [2.45, 2.75) is 35.6 Å². The van der Waals surface area contributed by atoms with Crippen molar-refractivity contribution in [2.24, 2.45) is 0 Å². The second kappa shape index (κ2) is 5.46. The van der Waals surface area contributed by atoms with E-state index in [4.69, 9.17) is 0 Å². The highest BCUT2D eigenvalue weighted by molar-refractivity contribution is 7.99. The highest BCUT2D eigenvalue weighted by Gasteiger charge is 2.19. The highest BCUT2D eigenvalue weighted by Crippen LogP contribution is 2.25. The third-order valence-corrected chi connectivity index (χ3v) is 4.36. The number of fused-ring (bicyclic) bond motifs is 1. The molecule has 6 heteroatoms. The summed E-state index contributed by atoms with van der Waals surface area (Å²) in [5, 5.41) is 13.6. The van der Waals surface area contributed by atoms with Gasteiger partial charge in [-0.1, -0.05) is 12.1 Å². The lowest BCUT2D eigenvalue weighted by Gasteiger charge is -2.04. The number of nitrogens with one attached hydrogen (secondary N) is 1. The van der Waals surface area contributed by atoms with E-state index in [1.807, 2.05) is 41.1 Å². The lowest BCUT2D eigenvalue weighted by atomic mass is 10.3. The SMILES string of the molecule is c1ccn2c(Sc3ccc(CNC4CC4)cn3)nnc2c1. The van der Waals surface area contributed by atoms with Gasteiger partial charge >= 0.3 is 0 Å². The molecule has 3 aromatic heterocycles. The maximum absolute atomic E-state index is 4.50. The third kappa shape index (κ3) is 2.91. The summed E-state index contributed by atoms with van der Waals surface area (Å²) in [6.07, 6.45) is 6.51. The van der Waals surface area contributed by atoms with Crippen molar-refractivity contribution in [3.05, 3.63) is 48.3 Å². The van der Waals surface area contributed by atoms with Crippen molar-refractivity contribution < 1.29 is 0 Å². The monoisotopic (exact) mass is 297 g/mol. The van der Waals surface area contributed by atoms with Crippen LogP contribution in [0.3, 0.4) is 0 Å². The molecule has 21 heavy (non-hydrogen) atoms. The molecule has 5 nitrogen and oxygen atoms in total. The van der Waals surface area contributed by atoms with Gasteiger partial charge in [-0.05, 0) is 48.4 Å². The Kier molecular flexibility index (Phi) is 3.33. The number of hydrogen-bond donors (Lipinski definition) is 1. The Balaban J connectivity index is 1.48. The molecular weight excluding hydrogens is 282 g/mol. The maximum atomic E-state index is 4.50. The number of rotatable bonds is 5. The molecule has 3 aromatic rings. The molecule has 1 aliphatic carbocycles. The Morgan fingerprint density at radius 2 is 2.14 bits per heavy atom. The average molecular weight is 297 g/mol. The van der Waals surface area contributed by atoms with E-state index >= 15 is 0 Å². The molecule has 1 saturated carbocycles. The Labute approximate surface area is 126 Å². The molecule has 0 atom stereocenters. The molecule has 0 amide bonds. The van der Waals surface area contributed by atoms with Crippen LogP contribution in [0.2, 0.25) is 0 Å². The summed E-state index contributed by atoms with van der Waals surface area (Å²) in [6.45, 7) is 0.899. The molecule has 3 heterocycles. The van der Waals surface area contributed by atoms with Gasteiger partial charge in [-0.3, -0.25) is 4.40 Å². The molecule has 106 valence electrons. The van der Waals surface area contributed by atoms with Crippen molar-refractivity contribution >= 4 is 17.4 Å². The van der Waals surface area contributed by atoms with Gasteiger partial charge < -0.3 is 5.32 Å². The summed E-state index contributed by atoms with van der Waals surface area (Å²) < 4.78 is 1.97. The molecule has 0 radical (unpaired) electrons. The molecule has 0 bridgehead atoms. The van der Waals surface area contributed by atoms with E-state index in [1.165, 1.54) is 30.2 Å². The number of aromatic nitrogens is 4. The Morgan fingerprint density at radius 3 is 2.95 bits per heavy atom. The van der Waals surface area contributed by atoms with Gasteiger partial charge in [-0.25, -0.2) is 4.98 Å². The summed E-state index contributed by atoms with van der Waals surface area (Å²) in [7, 11) is 0. The maximum Gasteiger partial charge on any atom is 0.201 e. The second-order valence-corrected chi connectivity index (χ2v) is 6.16. The van der Waals surface area contributed by atoms with E-state index in [9.17, 15) is 0 Å². The molecule has 0 saturated heterocycles. The van der Waals surface area contributed by atoms with Crippen LogP contribution >= 0.6 is 11.8 Å². The van der Waals surface area contributed by atoms with Crippen LogP contribution in [0.1, 0.15) is 18.4 Å². The van der Waals surface area contributed by atoms with Crippen LogP contribution in [-0.2, 0) is 6.54 Å². The van der Waals surface area contributed by atoms with E-state index in [-0.39, 0.29) is 0 Å². The van der Waals surface area contributed by atoms with Gasteiger partial charge in [0, 0.05) is 25.0 Å². The van der Waals surface area contributed by atoms with Crippen LogP contribution in [-0.4, -0.2) is 25.6 Å². The Hall–Kier alpha value is -1.92. The van der Waals surface area contributed by atoms with Crippen LogP contribution in [0, 0.1) is 0 Å². The van der Waals surface area contributed by atoms with Gasteiger partial charge in [-0.15, -0.1) is 10.2 Å². The van der Waals surface area contributed by atoms with Gasteiger partial charge in [0.2, 0.25) is 5.16 Å². The standard InChI is InChI=1S/C15H15N5S/c1-2-8-20-13(3-1)18-19-15(20)21-14-7-4-11(10-17-14)9-16-12-5-6-12/h1-4,7-8,10,12,16H,5-6,9H2. The molecule has 1 N–H and O–H groups in total. The van der Waals surface area contributed by atoms with Crippen molar-refractivity contribution in [3.63, 3.8) is 0 Å². The van der Waals surface area contributed by atoms with Gasteiger partial charge in [0.1, 0.15) is 5.03 Å². The summed E-state index contributed by atoms with van der Waals surface area (Å²) in [5.74, 6) is 0. The quantitative estimate of drug-likeness (QED) is 0.784. The summed E-state index contributed by atoms with van der Waals surface area (Å²) in [6, 6.07) is 10.8. The summed E-state index contributed by atoms with van der Waals surface area (Å²) in [4.78, 5) is 4.50. The Bertz CT molecular complexity index is 748. The predicted molar refractivity (Wildman–Crippen MR) is 81.2 cm³/mol. The molecule has 1 aliphatic rings. The second-order valence-electron chi connectivity index (χ2n) is 5.17. The molecule has 4 rings (SSSR count). The first-order valence-electron chi connectivity index (χ1n) is 7.04. The predicted octanol–water partition coefficient (Wildman–Crippen LogP) is 2.53. The fraction of sp³-hybridized carbons (Fsp3) is 0.267. The zero-order chi connectivity index (χ0) is 14.1. The van der Waals surface area contributed by atoms with Crippen LogP contribution in [0.15, 0.2) is 52.9 Å². The smallest absolute Gasteiger partial charge is 0.201 e. The minimum absolute atomic E-state index is 0.724. The van der Waals surface area contributed by atoms with Crippen molar-refractivity contribution in [3.8, 4) is 0 Å². The number of pyridine rings is 2. The summed E-state index contributed by atoms with van der Waals surface area (Å²) >= 11 is 1.53. The summed E-state index contributed by atoms with van der Waals surface area (Å²) in [5.41, 5.74) is 2.07. The van der Waals surface area contributed by atoms with Gasteiger partial charge in [0.25, 0.3) is 0 Å².